The summed E-state index contributed by atoms with van der Waals surface area (Å²) >= 11 is 3.39. The number of para-hydroxylation sites is 1. The zero-order chi connectivity index (χ0) is 14.1. The van der Waals surface area contributed by atoms with Crippen LogP contribution in [0.5, 0.6) is 0 Å². The van der Waals surface area contributed by atoms with E-state index in [1.165, 1.54) is 0 Å². The molecular formula is C14H14BrN3O2. The minimum absolute atomic E-state index is 0.118. The molecule has 0 radical (unpaired) electrons. The van der Waals surface area contributed by atoms with Gasteiger partial charge in [0, 0.05) is 22.1 Å². The van der Waals surface area contributed by atoms with Crippen molar-refractivity contribution in [2.24, 2.45) is 11.7 Å². The second-order valence-corrected chi connectivity index (χ2v) is 5.74. The van der Waals surface area contributed by atoms with E-state index in [1.54, 1.807) is 6.20 Å². The van der Waals surface area contributed by atoms with E-state index in [-0.39, 0.29) is 17.9 Å². The van der Waals surface area contributed by atoms with Gasteiger partial charge in [-0.05, 0) is 28.1 Å². The Hall–Kier alpha value is -1.50. The molecule has 0 bridgehead atoms. The highest BCUT2D eigenvalue weighted by atomic mass is 79.9. The molecule has 1 aromatic carbocycles. The summed E-state index contributed by atoms with van der Waals surface area (Å²) < 4.78 is 6.13. The van der Waals surface area contributed by atoms with E-state index in [0.717, 1.165) is 15.4 Å². The highest BCUT2D eigenvalue weighted by Gasteiger charge is 2.31. The fraction of sp³-hybridized carbons (Fsp3) is 0.286. The van der Waals surface area contributed by atoms with Crippen molar-refractivity contribution in [2.45, 2.75) is 6.04 Å². The molecule has 3 rings (SSSR count). The van der Waals surface area contributed by atoms with Crippen LogP contribution in [-0.4, -0.2) is 30.1 Å². The van der Waals surface area contributed by atoms with E-state index >= 15 is 0 Å². The van der Waals surface area contributed by atoms with Crippen LogP contribution in [0.25, 0.3) is 10.9 Å². The minimum atomic E-state index is -0.305. The number of carbonyl (C=O) groups excluding carboxylic acids is 1. The van der Waals surface area contributed by atoms with E-state index in [0.29, 0.717) is 18.9 Å². The number of hydrogen-bond donors (Lipinski definition) is 2. The van der Waals surface area contributed by atoms with Gasteiger partial charge in [-0.2, -0.15) is 0 Å². The van der Waals surface area contributed by atoms with Gasteiger partial charge in [-0.25, -0.2) is 0 Å². The van der Waals surface area contributed by atoms with Crippen LogP contribution in [0, 0.1) is 5.92 Å². The molecule has 1 fully saturated rings. The number of nitrogens with one attached hydrogen (secondary N) is 1. The van der Waals surface area contributed by atoms with Crippen LogP contribution in [0.1, 0.15) is 0 Å². The van der Waals surface area contributed by atoms with Crippen molar-refractivity contribution < 1.29 is 9.53 Å². The molecule has 104 valence electrons. The summed E-state index contributed by atoms with van der Waals surface area (Å²) in [4.78, 5) is 16.6. The van der Waals surface area contributed by atoms with Crippen LogP contribution >= 0.6 is 15.9 Å². The minimum Gasteiger partial charge on any atom is -0.379 e. The van der Waals surface area contributed by atoms with Crippen molar-refractivity contribution in [1.82, 2.24) is 4.98 Å². The third-order valence-electron chi connectivity index (χ3n) is 3.40. The third kappa shape index (κ3) is 2.54. The van der Waals surface area contributed by atoms with Crippen LogP contribution in [0.2, 0.25) is 0 Å². The van der Waals surface area contributed by atoms with Crippen molar-refractivity contribution in [3.05, 3.63) is 34.9 Å². The fourth-order valence-corrected chi connectivity index (χ4v) is 2.65. The van der Waals surface area contributed by atoms with E-state index in [1.807, 2.05) is 24.3 Å². The number of amides is 1. The number of benzene rings is 1. The average Bonchev–Trinajstić information content (AvgIpc) is 2.85. The summed E-state index contributed by atoms with van der Waals surface area (Å²) in [5.74, 6) is -0.423. The molecule has 6 heteroatoms. The summed E-state index contributed by atoms with van der Waals surface area (Å²) in [5, 5.41) is 3.86. The molecule has 1 aliphatic rings. The zero-order valence-corrected chi connectivity index (χ0v) is 12.3. The molecule has 1 aromatic heterocycles. The lowest BCUT2D eigenvalue weighted by atomic mass is 10.0. The molecule has 1 saturated heterocycles. The van der Waals surface area contributed by atoms with Crippen LogP contribution in [0.15, 0.2) is 34.9 Å². The number of ether oxygens (including phenoxy) is 1. The number of nitrogens with zero attached hydrogens (tertiary/aromatic N) is 1. The fourth-order valence-electron chi connectivity index (χ4n) is 2.30. The van der Waals surface area contributed by atoms with Gasteiger partial charge in [-0.15, -0.1) is 0 Å². The lowest BCUT2D eigenvalue weighted by Crippen LogP contribution is -2.37. The summed E-state index contributed by atoms with van der Waals surface area (Å²) in [6, 6.07) is 7.39. The van der Waals surface area contributed by atoms with Crippen LogP contribution in [0.4, 0.5) is 5.69 Å². The van der Waals surface area contributed by atoms with Crippen molar-refractivity contribution >= 4 is 38.4 Å². The summed E-state index contributed by atoms with van der Waals surface area (Å²) in [6.45, 7) is 0.801. The van der Waals surface area contributed by atoms with Crippen LogP contribution < -0.4 is 11.1 Å². The smallest absolute Gasteiger partial charge is 0.231 e. The normalized spacial score (nSPS) is 22.1. The monoisotopic (exact) mass is 335 g/mol. The van der Waals surface area contributed by atoms with Crippen LogP contribution in [0.3, 0.4) is 0 Å². The summed E-state index contributed by atoms with van der Waals surface area (Å²) in [6.07, 6.45) is 1.71. The second-order valence-electron chi connectivity index (χ2n) is 4.83. The number of nitrogens with two attached hydrogens (primary N) is 1. The van der Waals surface area contributed by atoms with Gasteiger partial charge < -0.3 is 15.8 Å². The molecular weight excluding hydrogens is 322 g/mol. The Morgan fingerprint density at radius 1 is 1.45 bits per heavy atom. The Morgan fingerprint density at radius 3 is 3.05 bits per heavy atom. The van der Waals surface area contributed by atoms with Gasteiger partial charge in [0.05, 0.1) is 30.3 Å². The molecule has 2 unspecified atom stereocenters. The summed E-state index contributed by atoms with van der Waals surface area (Å²) in [5.41, 5.74) is 7.31. The number of carbonyl (C=O) groups is 1. The number of rotatable bonds is 2. The first-order valence-corrected chi connectivity index (χ1v) is 7.13. The number of hydrogen-bond acceptors (Lipinski definition) is 4. The largest absolute Gasteiger partial charge is 0.379 e. The van der Waals surface area contributed by atoms with Gasteiger partial charge in [0.25, 0.3) is 0 Å². The molecule has 5 nitrogen and oxygen atoms in total. The molecule has 2 atom stereocenters. The van der Waals surface area contributed by atoms with Gasteiger partial charge in [0.1, 0.15) is 0 Å². The third-order valence-corrected chi connectivity index (χ3v) is 3.83. The topological polar surface area (TPSA) is 77.2 Å². The Labute approximate surface area is 124 Å². The molecule has 0 spiro atoms. The second kappa shape index (κ2) is 5.47. The maximum atomic E-state index is 12.2. The van der Waals surface area contributed by atoms with Gasteiger partial charge >= 0.3 is 0 Å². The SMILES string of the molecule is NC1COCC1C(=O)Nc1cccc2cc(Br)cnc12. The van der Waals surface area contributed by atoms with E-state index in [4.69, 9.17) is 10.5 Å². The van der Waals surface area contributed by atoms with E-state index < -0.39 is 0 Å². The van der Waals surface area contributed by atoms with E-state index in [9.17, 15) is 4.79 Å². The molecule has 0 saturated carbocycles. The number of aromatic nitrogens is 1. The van der Waals surface area contributed by atoms with Gasteiger partial charge in [-0.1, -0.05) is 12.1 Å². The Morgan fingerprint density at radius 2 is 2.30 bits per heavy atom. The number of pyridine rings is 1. The predicted octanol–water partition coefficient (Wildman–Crippen LogP) is 1.91. The Bertz CT molecular complexity index is 662. The number of fused-ring (bicyclic) bond motifs is 1. The van der Waals surface area contributed by atoms with Gasteiger partial charge in [0.2, 0.25) is 5.91 Å². The van der Waals surface area contributed by atoms with Crippen LogP contribution in [-0.2, 0) is 9.53 Å². The average molecular weight is 336 g/mol. The highest BCUT2D eigenvalue weighted by molar-refractivity contribution is 9.10. The predicted molar refractivity (Wildman–Crippen MR) is 80.4 cm³/mol. The first kappa shape index (κ1) is 13.5. The highest BCUT2D eigenvalue weighted by Crippen LogP contribution is 2.25. The molecule has 1 amide bonds. The van der Waals surface area contributed by atoms with E-state index in [2.05, 4.69) is 26.2 Å². The molecule has 2 aromatic rings. The number of halogens is 1. The standard InChI is InChI=1S/C14H14BrN3O2/c15-9-4-8-2-1-3-12(13(8)17-5-9)18-14(19)10-6-20-7-11(10)16/h1-5,10-11H,6-7,16H2,(H,18,19). The first-order chi connectivity index (χ1) is 9.65. The van der Waals surface area contributed by atoms with Crippen molar-refractivity contribution in [3.8, 4) is 0 Å². The Kier molecular flexibility index (Phi) is 3.69. The molecule has 3 N–H and O–H groups in total. The lowest BCUT2D eigenvalue weighted by molar-refractivity contribution is -0.120. The molecule has 20 heavy (non-hydrogen) atoms. The zero-order valence-electron chi connectivity index (χ0n) is 10.7. The number of anilines is 1. The van der Waals surface area contributed by atoms with Gasteiger partial charge in [0.15, 0.2) is 0 Å². The summed E-state index contributed by atoms with van der Waals surface area (Å²) in [7, 11) is 0. The lowest BCUT2D eigenvalue weighted by Gasteiger charge is -2.14. The maximum absolute atomic E-state index is 12.2. The molecule has 1 aliphatic heterocycles. The first-order valence-electron chi connectivity index (χ1n) is 6.33. The Balaban J connectivity index is 1.89. The quantitative estimate of drug-likeness (QED) is 0.878. The molecule has 2 heterocycles. The van der Waals surface area contributed by atoms with Gasteiger partial charge in [-0.3, -0.25) is 9.78 Å². The maximum Gasteiger partial charge on any atom is 0.231 e. The van der Waals surface area contributed by atoms with Crippen molar-refractivity contribution in [1.29, 1.82) is 0 Å². The molecule has 0 aliphatic carbocycles. The van der Waals surface area contributed by atoms with Crippen molar-refractivity contribution in [2.75, 3.05) is 18.5 Å². The van der Waals surface area contributed by atoms with Crippen molar-refractivity contribution in [3.63, 3.8) is 0 Å².